The maximum Gasteiger partial charge on any atom is 0.0468 e. The zero-order valence-corrected chi connectivity index (χ0v) is 11.5. The van der Waals surface area contributed by atoms with E-state index in [2.05, 4.69) is 17.2 Å². The first-order valence-corrected chi connectivity index (χ1v) is 6.49. The van der Waals surface area contributed by atoms with E-state index >= 15 is 0 Å². The molecule has 94 valence electrons. The fraction of sp³-hybridized carbons (Fsp3) is 0.214. The van der Waals surface area contributed by atoms with Crippen LogP contribution in [0.25, 0.3) is 0 Å². The van der Waals surface area contributed by atoms with Crippen molar-refractivity contribution < 1.29 is 0 Å². The fourth-order valence-corrected chi connectivity index (χ4v) is 2.31. The van der Waals surface area contributed by atoms with Crippen LogP contribution in [0.3, 0.4) is 0 Å². The van der Waals surface area contributed by atoms with Gasteiger partial charge < -0.3 is 5.32 Å². The Balaban J connectivity index is 2.01. The predicted octanol–water partition coefficient (Wildman–Crippen LogP) is 4.24. The predicted molar refractivity (Wildman–Crippen MR) is 76.0 cm³/mol. The molecule has 1 aromatic carbocycles. The highest BCUT2D eigenvalue weighted by Gasteiger charge is 2.09. The van der Waals surface area contributed by atoms with Gasteiger partial charge in [-0.1, -0.05) is 29.3 Å². The topological polar surface area (TPSA) is 24.9 Å². The van der Waals surface area contributed by atoms with Gasteiger partial charge >= 0.3 is 0 Å². The molecule has 0 bridgehead atoms. The molecule has 0 aliphatic rings. The van der Waals surface area contributed by atoms with Crippen LogP contribution in [-0.2, 0) is 6.54 Å². The number of rotatable bonds is 4. The third kappa shape index (κ3) is 3.45. The second kappa shape index (κ2) is 6.19. The number of benzene rings is 1. The molecule has 0 amide bonds. The van der Waals surface area contributed by atoms with Gasteiger partial charge in [-0.25, -0.2) is 0 Å². The number of aromatic nitrogens is 1. The molecular formula is C14H14Cl2N2. The molecule has 2 rings (SSSR count). The lowest BCUT2D eigenvalue weighted by Crippen LogP contribution is -2.18. The van der Waals surface area contributed by atoms with Crippen molar-refractivity contribution in [3.05, 3.63) is 63.9 Å². The van der Waals surface area contributed by atoms with Crippen LogP contribution in [0.1, 0.15) is 24.1 Å². The minimum absolute atomic E-state index is 0.169. The number of nitrogens with zero attached hydrogens (tertiary/aromatic N) is 1. The number of pyridine rings is 1. The Morgan fingerprint density at radius 2 is 1.89 bits per heavy atom. The van der Waals surface area contributed by atoms with E-state index in [1.54, 1.807) is 18.5 Å². The number of hydrogen-bond acceptors (Lipinski definition) is 2. The number of halogens is 2. The van der Waals surface area contributed by atoms with E-state index in [9.17, 15) is 0 Å². The summed E-state index contributed by atoms with van der Waals surface area (Å²) < 4.78 is 0. The van der Waals surface area contributed by atoms with Gasteiger partial charge in [-0.3, -0.25) is 4.98 Å². The summed E-state index contributed by atoms with van der Waals surface area (Å²) in [5.41, 5.74) is 2.25. The molecule has 1 N–H and O–H groups in total. The average Bonchev–Trinajstić information content (AvgIpc) is 2.37. The summed E-state index contributed by atoms with van der Waals surface area (Å²) in [7, 11) is 0. The van der Waals surface area contributed by atoms with Crippen LogP contribution in [-0.4, -0.2) is 4.98 Å². The molecule has 0 fully saturated rings. The fourth-order valence-electron chi connectivity index (χ4n) is 1.73. The molecule has 0 unspecified atom stereocenters. The maximum atomic E-state index is 6.17. The monoisotopic (exact) mass is 280 g/mol. The summed E-state index contributed by atoms with van der Waals surface area (Å²) >= 11 is 12.1. The van der Waals surface area contributed by atoms with Crippen molar-refractivity contribution in [3.63, 3.8) is 0 Å². The van der Waals surface area contributed by atoms with Crippen molar-refractivity contribution in [1.29, 1.82) is 0 Å². The Morgan fingerprint density at radius 3 is 2.56 bits per heavy atom. The lowest BCUT2D eigenvalue weighted by Gasteiger charge is -2.16. The first-order chi connectivity index (χ1) is 8.66. The summed E-state index contributed by atoms with van der Waals surface area (Å²) in [5, 5.41) is 4.77. The Bertz CT molecular complexity index is 514. The molecule has 0 aliphatic carbocycles. The highest BCUT2D eigenvalue weighted by Crippen LogP contribution is 2.26. The van der Waals surface area contributed by atoms with Gasteiger partial charge in [-0.15, -0.1) is 0 Å². The third-order valence-corrected chi connectivity index (χ3v) is 3.35. The van der Waals surface area contributed by atoms with E-state index in [-0.39, 0.29) is 6.04 Å². The molecule has 2 nitrogen and oxygen atoms in total. The molecule has 0 radical (unpaired) electrons. The lowest BCUT2D eigenvalue weighted by molar-refractivity contribution is 0.574. The van der Waals surface area contributed by atoms with Crippen molar-refractivity contribution in [2.45, 2.75) is 19.5 Å². The molecule has 2 aromatic rings. The van der Waals surface area contributed by atoms with Gasteiger partial charge in [0.25, 0.3) is 0 Å². The highest BCUT2D eigenvalue weighted by molar-refractivity contribution is 6.35. The lowest BCUT2D eigenvalue weighted by atomic mass is 10.1. The van der Waals surface area contributed by atoms with Crippen LogP contribution in [0.15, 0.2) is 42.7 Å². The molecule has 0 aliphatic heterocycles. The molecule has 0 saturated carbocycles. The highest BCUT2D eigenvalue weighted by atomic mass is 35.5. The molecule has 0 saturated heterocycles. The molecular weight excluding hydrogens is 267 g/mol. The van der Waals surface area contributed by atoms with Crippen LogP contribution < -0.4 is 5.32 Å². The van der Waals surface area contributed by atoms with Crippen molar-refractivity contribution >= 4 is 23.2 Å². The van der Waals surface area contributed by atoms with E-state index in [1.807, 2.05) is 24.3 Å². The van der Waals surface area contributed by atoms with Crippen LogP contribution in [0.4, 0.5) is 0 Å². The zero-order chi connectivity index (χ0) is 13.0. The summed E-state index contributed by atoms with van der Waals surface area (Å²) in [5.74, 6) is 0. The Hall–Kier alpha value is -1.09. The van der Waals surface area contributed by atoms with E-state index in [4.69, 9.17) is 23.2 Å². The SMILES string of the molecule is C[C@@H](NCc1ccncc1)c1ccc(Cl)cc1Cl. The summed E-state index contributed by atoms with van der Waals surface area (Å²) in [6.07, 6.45) is 3.58. The van der Waals surface area contributed by atoms with Crippen LogP contribution in [0.2, 0.25) is 10.0 Å². The smallest absolute Gasteiger partial charge is 0.0468 e. The molecule has 1 heterocycles. The van der Waals surface area contributed by atoms with E-state index in [1.165, 1.54) is 5.56 Å². The maximum absolute atomic E-state index is 6.17. The van der Waals surface area contributed by atoms with E-state index in [0.29, 0.717) is 10.0 Å². The quantitative estimate of drug-likeness (QED) is 0.906. The van der Waals surface area contributed by atoms with Gasteiger partial charge in [0.2, 0.25) is 0 Å². The van der Waals surface area contributed by atoms with Crippen LogP contribution in [0, 0.1) is 0 Å². The molecule has 18 heavy (non-hydrogen) atoms. The second-order valence-corrected chi connectivity index (χ2v) is 4.97. The van der Waals surface area contributed by atoms with Gasteiger partial charge in [0.1, 0.15) is 0 Å². The van der Waals surface area contributed by atoms with Crippen molar-refractivity contribution in [3.8, 4) is 0 Å². The molecule has 1 aromatic heterocycles. The van der Waals surface area contributed by atoms with E-state index in [0.717, 1.165) is 12.1 Å². The minimum atomic E-state index is 0.169. The van der Waals surface area contributed by atoms with Gasteiger partial charge in [0.05, 0.1) is 0 Å². The second-order valence-electron chi connectivity index (χ2n) is 4.12. The van der Waals surface area contributed by atoms with Gasteiger partial charge in [-0.05, 0) is 42.3 Å². The molecule has 1 atom stereocenters. The van der Waals surface area contributed by atoms with Gasteiger partial charge in [-0.2, -0.15) is 0 Å². The average molecular weight is 281 g/mol. The van der Waals surface area contributed by atoms with E-state index < -0.39 is 0 Å². The number of nitrogens with one attached hydrogen (secondary N) is 1. The van der Waals surface area contributed by atoms with Crippen LogP contribution in [0.5, 0.6) is 0 Å². The minimum Gasteiger partial charge on any atom is -0.306 e. The van der Waals surface area contributed by atoms with Gasteiger partial charge in [0, 0.05) is 35.0 Å². The first-order valence-electron chi connectivity index (χ1n) is 5.74. The first kappa shape index (κ1) is 13.3. The Labute approximate surface area is 117 Å². The van der Waals surface area contributed by atoms with Crippen molar-refractivity contribution in [2.75, 3.05) is 0 Å². The Morgan fingerprint density at radius 1 is 1.17 bits per heavy atom. The molecule has 0 spiro atoms. The molecule has 4 heteroatoms. The summed E-state index contributed by atoms with van der Waals surface area (Å²) in [4.78, 5) is 3.99. The van der Waals surface area contributed by atoms with Crippen molar-refractivity contribution in [1.82, 2.24) is 10.3 Å². The van der Waals surface area contributed by atoms with Crippen LogP contribution >= 0.6 is 23.2 Å². The third-order valence-electron chi connectivity index (χ3n) is 2.79. The largest absolute Gasteiger partial charge is 0.306 e. The Kier molecular flexibility index (Phi) is 4.59. The number of hydrogen-bond donors (Lipinski definition) is 1. The summed E-state index contributed by atoms with van der Waals surface area (Å²) in [6.45, 7) is 2.86. The summed E-state index contributed by atoms with van der Waals surface area (Å²) in [6, 6.07) is 9.72. The standard InChI is InChI=1S/C14H14Cl2N2/c1-10(13-3-2-12(15)8-14(13)16)18-9-11-4-6-17-7-5-11/h2-8,10,18H,9H2,1H3/t10-/m1/s1. The zero-order valence-electron chi connectivity index (χ0n) is 10.0. The normalized spacial score (nSPS) is 12.4. The van der Waals surface area contributed by atoms with Gasteiger partial charge in [0.15, 0.2) is 0 Å². The van der Waals surface area contributed by atoms with Crippen molar-refractivity contribution in [2.24, 2.45) is 0 Å².